The molecule has 1 aliphatic rings. The van der Waals surface area contributed by atoms with Crippen LogP contribution < -0.4 is 5.32 Å². The van der Waals surface area contributed by atoms with Crippen LogP contribution in [0.3, 0.4) is 0 Å². The SMILES string of the molecule is CNCC1CCCN1C(=O)c1csc(-c2cccc(C(F)(F)F)c2)n1. The number of carbonyl (C=O) groups is 1. The van der Waals surface area contributed by atoms with Gasteiger partial charge in [0.05, 0.1) is 5.56 Å². The van der Waals surface area contributed by atoms with Crippen molar-refractivity contribution in [2.45, 2.75) is 25.1 Å². The summed E-state index contributed by atoms with van der Waals surface area (Å²) in [4.78, 5) is 18.7. The smallest absolute Gasteiger partial charge is 0.333 e. The molecule has 8 heteroatoms. The number of benzene rings is 1. The van der Waals surface area contributed by atoms with Gasteiger partial charge in [0.25, 0.3) is 5.91 Å². The van der Waals surface area contributed by atoms with Gasteiger partial charge in [-0.2, -0.15) is 13.2 Å². The van der Waals surface area contributed by atoms with Crippen molar-refractivity contribution in [2.75, 3.05) is 20.1 Å². The van der Waals surface area contributed by atoms with Gasteiger partial charge in [0.15, 0.2) is 0 Å². The minimum atomic E-state index is -4.40. The summed E-state index contributed by atoms with van der Waals surface area (Å²) in [6.45, 7) is 1.40. The first-order valence-corrected chi connectivity index (χ1v) is 8.87. The maximum atomic E-state index is 12.9. The van der Waals surface area contributed by atoms with Gasteiger partial charge in [0.1, 0.15) is 10.7 Å². The largest absolute Gasteiger partial charge is 0.416 e. The van der Waals surface area contributed by atoms with Crippen LogP contribution in [0.25, 0.3) is 10.6 Å². The Balaban J connectivity index is 1.82. The van der Waals surface area contributed by atoms with Crippen molar-refractivity contribution in [2.24, 2.45) is 0 Å². The third-order valence-corrected chi connectivity index (χ3v) is 5.13. The molecular weight excluding hydrogens is 351 g/mol. The second-order valence-electron chi connectivity index (χ2n) is 5.97. The van der Waals surface area contributed by atoms with Crippen LogP contribution in [0.15, 0.2) is 29.6 Å². The number of hydrogen-bond donors (Lipinski definition) is 1. The van der Waals surface area contributed by atoms with Gasteiger partial charge in [-0.1, -0.05) is 12.1 Å². The average molecular weight is 369 g/mol. The molecule has 25 heavy (non-hydrogen) atoms. The summed E-state index contributed by atoms with van der Waals surface area (Å²) >= 11 is 1.18. The Kier molecular flexibility index (Phi) is 5.10. The van der Waals surface area contributed by atoms with Crippen molar-refractivity contribution >= 4 is 17.2 Å². The molecule has 2 heterocycles. The fraction of sp³-hybridized carbons (Fsp3) is 0.412. The summed E-state index contributed by atoms with van der Waals surface area (Å²) < 4.78 is 38.6. The minimum Gasteiger partial charge on any atom is -0.333 e. The summed E-state index contributed by atoms with van der Waals surface area (Å²) in [7, 11) is 1.84. The highest BCUT2D eigenvalue weighted by Gasteiger charge is 2.32. The molecule has 0 spiro atoms. The first-order valence-electron chi connectivity index (χ1n) is 7.99. The number of nitrogens with one attached hydrogen (secondary N) is 1. The van der Waals surface area contributed by atoms with E-state index in [4.69, 9.17) is 0 Å². The molecule has 1 N–H and O–H groups in total. The third-order valence-electron chi connectivity index (χ3n) is 4.24. The highest BCUT2D eigenvalue weighted by atomic mass is 32.1. The van der Waals surface area contributed by atoms with Gasteiger partial charge in [-0.3, -0.25) is 4.79 Å². The minimum absolute atomic E-state index is 0.135. The Labute approximate surface area is 147 Å². The molecule has 0 aliphatic carbocycles. The van der Waals surface area contributed by atoms with Gasteiger partial charge < -0.3 is 10.2 Å². The van der Waals surface area contributed by atoms with Gasteiger partial charge in [0.2, 0.25) is 0 Å². The molecule has 0 radical (unpaired) electrons. The van der Waals surface area contributed by atoms with Gasteiger partial charge in [-0.05, 0) is 32.0 Å². The number of likely N-dealkylation sites (tertiary alicyclic amines) is 1. The molecule has 1 aliphatic heterocycles. The summed E-state index contributed by atoms with van der Waals surface area (Å²) in [5.41, 5.74) is -0.0609. The number of likely N-dealkylation sites (N-methyl/N-ethyl adjacent to an activating group) is 1. The molecule has 4 nitrogen and oxygen atoms in total. The Hall–Kier alpha value is -1.93. The lowest BCUT2D eigenvalue weighted by atomic mass is 10.1. The molecule has 134 valence electrons. The molecule has 1 unspecified atom stereocenters. The van der Waals surface area contributed by atoms with E-state index < -0.39 is 11.7 Å². The topological polar surface area (TPSA) is 45.2 Å². The van der Waals surface area contributed by atoms with E-state index in [-0.39, 0.29) is 11.9 Å². The van der Waals surface area contributed by atoms with Crippen LogP contribution in [0.5, 0.6) is 0 Å². The van der Waals surface area contributed by atoms with E-state index in [1.807, 2.05) is 7.05 Å². The van der Waals surface area contributed by atoms with Crippen LogP contribution in [0.2, 0.25) is 0 Å². The molecule has 1 aromatic carbocycles. The lowest BCUT2D eigenvalue weighted by molar-refractivity contribution is -0.137. The zero-order valence-electron chi connectivity index (χ0n) is 13.6. The van der Waals surface area contributed by atoms with Gasteiger partial charge >= 0.3 is 6.18 Å². The molecular formula is C17H18F3N3OS. The Bertz CT molecular complexity index is 760. The number of halogens is 3. The van der Waals surface area contributed by atoms with Crippen molar-refractivity contribution in [3.8, 4) is 10.6 Å². The molecule has 1 amide bonds. The van der Waals surface area contributed by atoms with E-state index in [0.717, 1.165) is 31.5 Å². The van der Waals surface area contributed by atoms with E-state index in [1.54, 1.807) is 16.3 Å². The molecule has 2 aromatic rings. The fourth-order valence-electron chi connectivity index (χ4n) is 3.03. The monoisotopic (exact) mass is 369 g/mol. The zero-order valence-corrected chi connectivity index (χ0v) is 14.5. The van der Waals surface area contributed by atoms with Crippen LogP contribution in [-0.2, 0) is 6.18 Å². The summed E-state index contributed by atoms with van der Waals surface area (Å²) in [6.07, 6.45) is -2.51. The van der Waals surface area contributed by atoms with Crippen molar-refractivity contribution in [1.29, 1.82) is 0 Å². The highest BCUT2D eigenvalue weighted by molar-refractivity contribution is 7.13. The quantitative estimate of drug-likeness (QED) is 0.895. The standard InChI is InChI=1S/C17H18F3N3OS/c1-21-9-13-6-3-7-23(13)16(24)14-10-25-15(22-14)11-4-2-5-12(8-11)17(18,19)20/h2,4-5,8,10,13,21H,3,6-7,9H2,1H3. The summed E-state index contributed by atoms with van der Waals surface area (Å²) in [5, 5.41) is 5.11. The van der Waals surface area contributed by atoms with E-state index >= 15 is 0 Å². The molecule has 1 saturated heterocycles. The van der Waals surface area contributed by atoms with E-state index in [2.05, 4.69) is 10.3 Å². The van der Waals surface area contributed by atoms with E-state index in [9.17, 15) is 18.0 Å². The van der Waals surface area contributed by atoms with Crippen LogP contribution in [0.4, 0.5) is 13.2 Å². The molecule has 0 saturated carbocycles. The number of carbonyl (C=O) groups excluding carboxylic acids is 1. The number of amides is 1. The van der Waals surface area contributed by atoms with Crippen LogP contribution >= 0.6 is 11.3 Å². The Morgan fingerprint density at radius 3 is 2.96 bits per heavy atom. The maximum absolute atomic E-state index is 12.9. The zero-order chi connectivity index (χ0) is 18.0. The summed E-state index contributed by atoms with van der Waals surface area (Å²) in [5.74, 6) is -0.160. The molecule has 3 rings (SSSR count). The number of rotatable bonds is 4. The van der Waals surface area contributed by atoms with Crippen LogP contribution in [0.1, 0.15) is 28.9 Å². The van der Waals surface area contributed by atoms with Gasteiger partial charge in [0, 0.05) is 30.1 Å². The second-order valence-corrected chi connectivity index (χ2v) is 6.83. The van der Waals surface area contributed by atoms with Crippen molar-refractivity contribution in [3.05, 3.63) is 40.9 Å². The average Bonchev–Trinajstić information content (AvgIpc) is 3.23. The first kappa shape index (κ1) is 17.9. The van der Waals surface area contributed by atoms with Crippen molar-refractivity contribution < 1.29 is 18.0 Å². The second kappa shape index (κ2) is 7.13. The van der Waals surface area contributed by atoms with Crippen molar-refractivity contribution in [3.63, 3.8) is 0 Å². The third kappa shape index (κ3) is 3.85. The maximum Gasteiger partial charge on any atom is 0.416 e. The lowest BCUT2D eigenvalue weighted by Gasteiger charge is -2.23. The number of alkyl halides is 3. The summed E-state index contributed by atoms with van der Waals surface area (Å²) in [6, 6.07) is 5.14. The molecule has 1 aromatic heterocycles. The fourth-order valence-corrected chi connectivity index (χ4v) is 3.82. The lowest BCUT2D eigenvalue weighted by Crippen LogP contribution is -2.40. The van der Waals surface area contributed by atoms with Crippen LogP contribution in [0, 0.1) is 0 Å². The number of nitrogens with zero attached hydrogens (tertiary/aromatic N) is 2. The van der Waals surface area contributed by atoms with E-state index in [0.29, 0.717) is 22.8 Å². The predicted molar refractivity (Wildman–Crippen MR) is 90.5 cm³/mol. The molecule has 1 atom stereocenters. The highest BCUT2D eigenvalue weighted by Crippen LogP contribution is 2.33. The number of hydrogen-bond acceptors (Lipinski definition) is 4. The number of thiazole rings is 1. The Morgan fingerprint density at radius 2 is 2.24 bits per heavy atom. The van der Waals surface area contributed by atoms with Crippen molar-refractivity contribution in [1.82, 2.24) is 15.2 Å². The number of aromatic nitrogens is 1. The predicted octanol–water partition coefficient (Wildman–Crippen LogP) is 3.65. The molecule has 0 bridgehead atoms. The van der Waals surface area contributed by atoms with Gasteiger partial charge in [-0.15, -0.1) is 11.3 Å². The Morgan fingerprint density at radius 1 is 1.44 bits per heavy atom. The first-order chi connectivity index (χ1) is 11.9. The van der Waals surface area contributed by atoms with Crippen LogP contribution in [-0.4, -0.2) is 42.0 Å². The normalized spacial score (nSPS) is 17.9. The van der Waals surface area contributed by atoms with Gasteiger partial charge in [-0.25, -0.2) is 4.98 Å². The molecule has 1 fully saturated rings. The van der Waals surface area contributed by atoms with E-state index in [1.165, 1.54) is 17.4 Å².